The van der Waals surface area contributed by atoms with E-state index in [9.17, 15) is 4.79 Å². The average molecular weight is 319 g/mol. The van der Waals surface area contributed by atoms with Crippen molar-refractivity contribution >= 4 is 23.2 Å². The molecule has 3 N–H and O–H groups in total. The second-order valence-corrected chi connectivity index (χ2v) is 5.73. The van der Waals surface area contributed by atoms with Crippen molar-refractivity contribution in [3.63, 3.8) is 0 Å². The summed E-state index contributed by atoms with van der Waals surface area (Å²) >= 11 is 6.01. The van der Waals surface area contributed by atoms with Crippen molar-refractivity contribution in [3.05, 3.63) is 52.6 Å². The number of carbonyl (C=O) groups is 1. The molecule has 0 aliphatic carbocycles. The number of nitrogen functional groups attached to an aromatic ring is 1. The summed E-state index contributed by atoms with van der Waals surface area (Å²) < 4.78 is 0. The fraction of sp³-hybridized carbons (Fsp3) is 0.312. The monoisotopic (exact) mass is 318 g/mol. The minimum Gasteiger partial charge on any atom is -0.399 e. The maximum absolute atomic E-state index is 12.2. The number of benzene rings is 1. The quantitative estimate of drug-likeness (QED) is 0.831. The first-order valence-electron chi connectivity index (χ1n) is 7.12. The average Bonchev–Trinajstić information content (AvgIpc) is 2.49. The zero-order chi connectivity index (χ0) is 16.1. The first-order valence-corrected chi connectivity index (χ1v) is 7.50. The van der Waals surface area contributed by atoms with Crippen molar-refractivity contribution in [1.29, 1.82) is 0 Å². The predicted octanol–water partition coefficient (Wildman–Crippen LogP) is 2.81. The number of nitrogens with one attached hydrogen (secondary N) is 1. The van der Waals surface area contributed by atoms with Gasteiger partial charge in [0.2, 0.25) is 0 Å². The van der Waals surface area contributed by atoms with E-state index in [0.29, 0.717) is 18.8 Å². The van der Waals surface area contributed by atoms with Crippen molar-refractivity contribution in [2.45, 2.75) is 26.2 Å². The Labute approximate surface area is 134 Å². The summed E-state index contributed by atoms with van der Waals surface area (Å²) in [6.45, 7) is 4.43. The molecule has 0 aliphatic heterocycles. The van der Waals surface area contributed by atoms with Crippen LogP contribution in [0.15, 0.2) is 30.5 Å². The molecule has 22 heavy (non-hydrogen) atoms. The number of halogens is 1. The van der Waals surface area contributed by atoms with Crippen LogP contribution in [-0.2, 0) is 6.42 Å². The van der Waals surface area contributed by atoms with Crippen LogP contribution in [-0.4, -0.2) is 22.4 Å². The van der Waals surface area contributed by atoms with E-state index in [1.54, 1.807) is 0 Å². The maximum Gasteiger partial charge on any atom is 0.271 e. The van der Waals surface area contributed by atoms with Gasteiger partial charge in [-0.3, -0.25) is 4.79 Å². The van der Waals surface area contributed by atoms with Gasteiger partial charge < -0.3 is 11.1 Å². The van der Waals surface area contributed by atoms with Crippen LogP contribution in [0.4, 0.5) is 5.69 Å². The second kappa shape index (κ2) is 7.22. The smallest absolute Gasteiger partial charge is 0.271 e. The van der Waals surface area contributed by atoms with Crippen LogP contribution in [0, 0.1) is 0 Å². The Morgan fingerprint density at radius 1 is 1.32 bits per heavy atom. The predicted molar refractivity (Wildman–Crippen MR) is 88.0 cm³/mol. The fourth-order valence-corrected chi connectivity index (χ4v) is 2.08. The van der Waals surface area contributed by atoms with Gasteiger partial charge in [-0.25, -0.2) is 9.97 Å². The molecule has 6 heteroatoms. The van der Waals surface area contributed by atoms with Gasteiger partial charge in [0.05, 0.1) is 11.2 Å². The van der Waals surface area contributed by atoms with Crippen LogP contribution < -0.4 is 11.1 Å². The molecule has 0 unspecified atom stereocenters. The standard InChI is InChI=1S/C16H19ClN4O/c1-10(2)15-20-9-13(17)14(21-15)16(22)19-8-7-11-3-5-12(18)6-4-11/h3-6,9-10H,7-8,18H2,1-2H3,(H,19,22). The Kier molecular flexibility index (Phi) is 5.33. The molecule has 0 spiro atoms. The van der Waals surface area contributed by atoms with Crippen molar-refractivity contribution in [2.24, 2.45) is 0 Å². The Morgan fingerprint density at radius 2 is 2.00 bits per heavy atom. The van der Waals surface area contributed by atoms with Gasteiger partial charge in [0.1, 0.15) is 11.5 Å². The van der Waals surface area contributed by atoms with Crippen molar-refractivity contribution < 1.29 is 4.79 Å². The molecule has 0 fully saturated rings. The zero-order valence-electron chi connectivity index (χ0n) is 12.6. The Bertz CT molecular complexity index is 656. The minimum absolute atomic E-state index is 0.138. The second-order valence-electron chi connectivity index (χ2n) is 5.33. The molecule has 0 aliphatic rings. The highest BCUT2D eigenvalue weighted by Gasteiger charge is 2.15. The summed E-state index contributed by atoms with van der Waals surface area (Å²) in [4.78, 5) is 20.5. The number of aromatic nitrogens is 2. The lowest BCUT2D eigenvalue weighted by atomic mass is 10.1. The van der Waals surface area contributed by atoms with E-state index < -0.39 is 0 Å². The van der Waals surface area contributed by atoms with E-state index in [-0.39, 0.29) is 22.5 Å². The lowest BCUT2D eigenvalue weighted by Crippen LogP contribution is -2.27. The molecular formula is C16H19ClN4O. The first kappa shape index (κ1) is 16.2. The molecule has 0 bridgehead atoms. The lowest BCUT2D eigenvalue weighted by molar-refractivity contribution is 0.0949. The Hall–Kier alpha value is -2.14. The molecule has 0 radical (unpaired) electrons. The van der Waals surface area contributed by atoms with Gasteiger partial charge in [0.25, 0.3) is 5.91 Å². The van der Waals surface area contributed by atoms with Crippen LogP contribution in [0.25, 0.3) is 0 Å². The third-order valence-electron chi connectivity index (χ3n) is 3.17. The maximum atomic E-state index is 12.2. The number of rotatable bonds is 5. The zero-order valence-corrected chi connectivity index (χ0v) is 13.4. The molecule has 1 aromatic carbocycles. The number of anilines is 1. The fourth-order valence-electron chi connectivity index (χ4n) is 1.91. The molecule has 1 heterocycles. The number of carbonyl (C=O) groups excluding carboxylic acids is 1. The van der Waals surface area contributed by atoms with Crippen molar-refractivity contribution in [3.8, 4) is 0 Å². The summed E-state index contributed by atoms with van der Waals surface area (Å²) in [6, 6.07) is 7.56. The normalized spacial score (nSPS) is 10.7. The largest absolute Gasteiger partial charge is 0.399 e. The van der Waals surface area contributed by atoms with Gasteiger partial charge in [-0.15, -0.1) is 0 Å². The van der Waals surface area contributed by atoms with Crippen LogP contribution >= 0.6 is 11.6 Å². The molecule has 1 amide bonds. The van der Waals surface area contributed by atoms with E-state index in [1.165, 1.54) is 6.20 Å². The third-order valence-corrected chi connectivity index (χ3v) is 3.45. The van der Waals surface area contributed by atoms with Crippen LogP contribution in [0.3, 0.4) is 0 Å². The topological polar surface area (TPSA) is 80.9 Å². The van der Waals surface area contributed by atoms with Crippen molar-refractivity contribution in [2.75, 3.05) is 12.3 Å². The lowest BCUT2D eigenvalue weighted by Gasteiger charge is -2.09. The SMILES string of the molecule is CC(C)c1ncc(Cl)c(C(=O)NCCc2ccc(N)cc2)n1. The van der Waals surface area contributed by atoms with Crippen LogP contribution in [0.1, 0.15) is 41.6 Å². The number of amides is 1. The number of nitrogens with zero attached hydrogens (tertiary/aromatic N) is 2. The van der Waals surface area contributed by atoms with E-state index in [4.69, 9.17) is 17.3 Å². The first-order chi connectivity index (χ1) is 10.5. The van der Waals surface area contributed by atoms with Crippen molar-refractivity contribution in [1.82, 2.24) is 15.3 Å². The van der Waals surface area contributed by atoms with Crippen LogP contribution in [0.5, 0.6) is 0 Å². The van der Waals surface area contributed by atoms with Crippen LogP contribution in [0.2, 0.25) is 5.02 Å². The van der Waals surface area contributed by atoms with Gasteiger partial charge in [-0.05, 0) is 24.1 Å². The molecule has 0 saturated heterocycles. The molecule has 2 aromatic rings. The van der Waals surface area contributed by atoms with E-state index >= 15 is 0 Å². The summed E-state index contributed by atoms with van der Waals surface area (Å²) in [5, 5.41) is 3.08. The Balaban J connectivity index is 1.97. The highest BCUT2D eigenvalue weighted by molar-refractivity contribution is 6.33. The summed E-state index contributed by atoms with van der Waals surface area (Å²) in [7, 11) is 0. The molecule has 2 rings (SSSR count). The molecule has 116 valence electrons. The molecule has 5 nitrogen and oxygen atoms in total. The number of hydrogen-bond acceptors (Lipinski definition) is 4. The van der Waals surface area contributed by atoms with E-state index in [0.717, 1.165) is 11.3 Å². The summed E-state index contributed by atoms with van der Waals surface area (Å²) in [5.74, 6) is 0.455. The molecular weight excluding hydrogens is 300 g/mol. The van der Waals surface area contributed by atoms with Gasteiger partial charge in [-0.1, -0.05) is 37.6 Å². The summed E-state index contributed by atoms with van der Waals surface area (Å²) in [5.41, 5.74) is 7.68. The molecule has 1 aromatic heterocycles. The highest BCUT2D eigenvalue weighted by atomic mass is 35.5. The van der Waals surface area contributed by atoms with E-state index in [1.807, 2.05) is 38.1 Å². The van der Waals surface area contributed by atoms with Gasteiger partial charge >= 0.3 is 0 Å². The number of nitrogens with two attached hydrogens (primary N) is 1. The van der Waals surface area contributed by atoms with Gasteiger partial charge in [0.15, 0.2) is 0 Å². The molecule has 0 saturated carbocycles. The Morgan fingerprint density at radius 3 is 2.64 bits per heavy atom. The third kappa shape index (κ3) is 4.18. The summed E-state index contributed by atoms with van der Waals surface area (Å²) in [6.07, 6.45) is 2.19. The van der Waals surface area contributed by atoms with Gasteiger partial charge in [-0.2, -0.15) is 0 Å². The highest BCUT2D eigenvalue weighted by Crippen LogP contribution is 2.16. The molecule has 0 atom stereocenters. The van der Waals surface area contributed by atoms with Gasteiger partial charge in [0, 0.05) is 18.2 Å². The minimum atomic E-state index is -0.287. The van der Waals surface area contributed by atoms with E-state index in [2.05, 4.69) is 15.3 Å². The number of hydrogen-bond donors (Lipinski definition) is 2.